The molecule has 3 atom stereocenters. The van der Waals surface area contributed by atoms with Crippen LogP contribution in [0.5, 0.6) is 0 Å². The van der Waals surface area contributed by atoms with Gasteiger partial charge < -0.3 is 20.4 Å². The van der Waals surface area contributed by atoms with E-state index in [0.29, 0.717) is 34.4 Å². The number of benzene rings is 2. The normalized spacial score (nSPS) is 22.7. The van der Waals surface area contributed by atoms with Crippen LogP contribution in [0.3, 0.4) is 0 Å². The van der Waals surface area contributed by atoms with Gasteiger partial charge in [0, 0.05) is 30.1 Å². The molecule has 1 fully saturated rings. The number of anilines is 1. The Hall–Kier alpha value is -3.69. The number of aliphatic hydroxyl groups excluding tert-OH is 1. The number of fused-ring (bicyclic) bond motifs is 2. The number of hydrogen-bond acceptors (Lipinski definition) is 5. The minimum absolute atomic E-state index is 0.0512. The summed E-state index contributed by atoms with van der Waals surface area (Å²) in [6, 6.07) is 12.0. The lowest BCUT2D eigenvalue weighted by Crippen LogP contribution is -2.40. The number of aromatic amines is 1. The average Bonchev–Trinajstić information content (AvgIpc) is 3.54. The molecule has 9 heteroatoms. The van der Waals surface area contributed by atoms with Crippen molar-refractivity contribution in [3.8, 4) is 5.69 Å². The summed E-state index contributed by atoms with van der Waals surface area (Å²) in [5.41, 5.74) is -0.0588. The van der Waals surface area contributed by atoms with E-state index < -0.39 is 17.4 Å². The predicted octanol–water partition coefficient (Wildman–Crippen LogP) is 2.02. The highest BCUT2D eigenvalue weighted by Gasteiger charge is 2.48. The molecule has 1 aromatic heterocycles. The molecule has 182 valence electrons. The smallest absolute Gasteiger partial charge is 0.279 e. The molecule has 0 bridgehead atoms. The second-order valence-electron chi connectivity index (χ2n) is 9.24. The first kappa shape index (κ1) is 23.1. The second kappa shape index (κ2) is 8.83. The summed E-state index contributed by atoms with van der Waals surface area (Å²) in [5.74, 6) is -1.29. The molecular weight excluding hydrogens is 448 g/mol. The van der Waals surface area contributed by atoms with Gasteiger partial charge >= 0.3 is 0 Å². The third-order valence-corrected chi connectivity index (χ3v) is 7.14. The lowest BCUT2D eigenvalue weighted by atomic mass is 9.82. The van der Waals surface area contributed by atoms with Gasteiger partial charge in [-0.05, 0) is 43.2 Å². The zero-order valence-corrected chi connectivity index (χ0v) is 19.4. The van der Waals surface area contributed by atoms with E-state index in [0.717, 1.165) is 12.8 Å². The number of para-hydroxylation sites is 1. The zero-order valence-electron chi connectivity index (χ0n) is 19.4. The molecule has 2 amide bonds. The van der Waals surface area contributed by atoms with Crippen LogP contribution in [0.25, 0.3) is 16.6 Å². The number of hydrogen-bond donors (Lipinski definition) is 4. The molecule has 3 aromatic rings. The van der Waals surface area contributed by atoms with E-state index in [2.05, 4.69) is 10.4 Å². The summed E-state index contributed by atoms with van der Waals surface area (Å²) in [6.07, 6.45) is 5.11. The molecule has 5 rings (SSSR count). The number of carbonyl (C=O) groups excluding carboxylic acids is 2. The van der Waals surface area contributed by atoms with Gasteiger partial charge in [-0.3, -0.25) is 19.5 Å². The van der Waals surface area contributed by atoms with Crippen LogP contribution in [-0.4, -0.2) is 55.9 Å². The fourth-order valence-electron chi connectivity index (χ4n) is 5.11. The third-order valence-electron chi connectivity index (χ3n) is 7.14. The molecule has 0 unspecified atom stereocenters. The van der Waals surface area contributed by atoms with E-state index in [1.165, 1.54) is 4.68 Å². The Morgan fingerprint density at radius 3 is 2.83 bits per heavy atom. The summed E-state index contributed by atoms with van der Waals surface area (Å²) in [6.45, 7) is 2.29. The van der Waals surface area contributed by atoms with E-state index in [-0.39, 0.29) is 30.5 Å². The Labute approximate surface area is 201 Å². The van der Waals surface area contributed by atoms with E-state index in [4.69, 9.17) is 0 Å². The highest BCUT2D eigenvalue weighted by Crippen LogP contribution is 2.42. The predicted molar refractivity (Wildman–Crippen MR) is 131 cm³/mol. The molecule has 2 aliphatic heterocycles. The Bertz CT molecular complexity index is 1390. The van der Waals surface area contributed by atoms with Crippen LogP contribution in [0.2, 0.25) is 0 Å². The summed E-state index contributed by atoms with van der Waals surface area (Å²) in [7, 11) is 0. The van der Waals surface area contributed by atoms with Crippen LogP contribution >= 0.6 is 0 Å². The maximum Gasteiger partial charge on any atom is 0.279 e. The van der Waals surface area contributed by atoms with Crippen molar-refractivity contribution in [3.63, 3.8) is 0 Å². The number of aliphatic hydroxyl groups is 2. The van der Waals surface area contributed by atoms with Crippen molar-refractivity contribution >= 4 is 28.4 Å². The number of aromatic nitrogens is 2. The van der Waals surface area contributed by atoms with E-state index in [1.807, 2.05) is 6.07 Å². The number of nitrogens with one attached hydrogen (secondary N) is 2. The standard InChI is InChI=1S/C26H28N4O5/c1-16(6-4-10-23(32)29-13-5-7-18(29)15-31)26(35)20-14-17(11-12-22(20)27-25(26)34)30-24(33)19-8-2-3-9-21(19)28-30/h2-4,6,8-9,11-12,14,16,18,28,31,35H,5,7,10,13,15H2,1H3,(H,27,34)/b6-4+/t16-,18+,26+/m1/s1. The molecule has 2 aliphatic rings. The quantitative estimate of drug-likeness (QED) is 0.405. The van der Waals surface area contributed by atoms with Crippen molar-refractivity contribution in [2.45, 2.75) is 37.8 Å². The van der Waals surface area contributed by atoms with Crippen LogP contribution in [0.15, 0.2) is 59.4 Å². The van der Waals surface area contributed by atoms with Crippen LogP contribution in [0, 0.1) is 5.92 Å². The summed E-state index contributed by atoms with van der Waals surface area (Å²) >= 11 is 0. The van der Waals surface area contributed by atoms with Crippen molar-refractivity contribution in [1.29, 1.82) is 0 Å². The van der Waals surface area contributed by atoms with E-state index in [9.17, 15) is 24.6 Å². The van der Waals surface area contributed by atoms with Gasteiger partial charge in [0.25, 0.3) is 11.5 Å². The number of carbonyl (C=O) groups is 2. The van der Waals surface area contributed by atoms with Gasteiger partial charge in [0.15, 0.2) is 5.60 Å². The molecule has 0 spiro atoms. The van der Waals surface area contributed by atoms with Crippen molar-refractivity contribution in [2.75, 3.05) is 18.5 Å². The molecular formula is C26H28N4O5. The molecule has 0 saturated carbocycles. The van der Waals surface area contributed by atoms with Crippen LogP contribution in [-0.2, 0) is 15.2 Å². The van der Waals surface area contributed by atoms with E-state index >= 15 is 0 Å². The Balaban J connectivity index is 1.41. The fraction of sp³-hybridized carbons (Fsp3) is 0.346. The zero-order chi connectivity index (χ0) is 24.7. The lowest BCUT2D eigenvalue weighted by molar-refractivity contribution is -0.137. The molecule has 0 aliphatic carbocycles. The van der Waals surface area contributed by atoms with Crippen molar-refractivity contribution in [1.82, 2.24) is 14.7 Å². The SMILES string of the molecule is C[C@H](/C=C/CC(=O)N1CCC[C@H]1CO)[C@@]1(O)C(=O)Nc2ccc(-n3[nH]c4ccccc4c3=O)cc21. The molecule has 2 aromatic carbocycles. The van der Waals surface area contributed by atoms with Crippen molar-refractivity contribution in [3.05, 3.63) is 70.5 Å². The first-order valence-corrected chi connectivity index (χ1v) is 11.8. The fourth-order valence-corrected chi connectivity index (χ4v) is 5.11. The first-order chi connectivity index (χ1) is 16.8. The van der Waals surface area contributed by atoms with E-state index in [1.54, 1.807) is 60.4 Å². The number of nitrogens with zero attached hydrogens (tertiary/aromatic N) is 2. The summed E-state index contributed by atoms with van der Waals surface area (Å²) < 4.78 is 1.39. The molecule has 3 heterocycles. The van der Waals surface area contributed by atoms with Gasteiger partial charge in [0.1, 0.15) is 0 Å². The van der Waals surface area contributed by atoms with Gasteiger partial charge in [0.05, 0.1) is 29.2 Å². The monoisotopic (exact) mass is 476 g/mol. The number of rotatable bonds is 6. The molecule has 0 radical (unpaired) electrons. The maximum atomic E-state index is 12.9. The Kier molecular flexibility index (Phi) is 5.82. The lowest BCUT2D eigenvalue weighted by Gasteiger charge is -2.26. The average molecular weight is 477 g/mol. The largest absolute Gasteiger partial charge is 0.394 e. The molecule has 1 saturated heterocycles. The number of amides is 2. The van der Waals surface area contributed by atoms with Gasteiger partial charge in [-0.1, -0.05) is 31.2 Å². The Morgan fingerprint density at radius 1 is 1.26 bits per heavy atom. The topological polar surface area (TPSA) is 128 Å². The number of H-pyrrole nitrogens is 1. The van der Waals surface area contributed by atoms with Crippen LogP contribution in [0.4, 0.5) is 5.69 Å². The number of likely N-dealkylation sites (tertiary alicyclic amines) is 1. The molecule has 35 heavy (non-hydrogen) atoms. The summed E-state index contributed by atoms with van der Waals surface area (Å²) in [4.78, 5) is 40.0. The van der Waals surface area contributed by atoms with Crippen LogP contribution < -0.4 is 10.9 Å². The summed E-state index contributed by atoms with van der Waals surface area (Å²) in [5, 5.41) is 27.3. The highest BCUT2D eigenvalue weighted by atomic mass is 16.3. The minimum atomic E-state index is -1.86. The highest BCUT2D eigenvalue weighted by molar-refractivity contribution is 6.05. The van der Waals surface area contributed by atoms with Crippen LogP contribution in [0.1, 0.15) is 31.7 Å². The minimum Gasteiger partial charge on any atom is -0.394 e. The second-order valence-corrected chi connectivity index (χ2v) is 9.24. The van der Waals surface area contributed by atoms with Gasteiger partial charge in [-0.15, -0.1) is 0 Å². The Morgan fingerprint density at radius 2 is 2.06 bits per heavy atom. The first-order valence-electron chi connectivity index (χ1n) is 11.8. The molecule has 4 N–H and O–H groups in total. The third kappa shape index (κ3) is 3.77. The maximum absolute atomic E-state index is 12.9. The van der Waals surface area contributed by atoms with Gasteiger partial charge in [-0.2, -0.15) is 0 Å². The van der Waals surface area contributed by atoms with Crippen molar-refractivity contribution in [2.24, 2.45) is 5.92 Å². The van der Waals surface area contributed by atoms with Crippen molar-refractivity contribution < 1.29 is 19.8 Å². The van der Waals surface area contributed by atoms with Gasteiger partial charge in [0.2, 0.25) is 5.91 Å². The van der Waals surface area contributed by atoms with Gasteiger partial charge in [-0.25, -0.2) is 4.68 Å². The molecule has 9 nitrogen and oxygen atoms in total.